The van der Waals surface area contributed by atoms with Crippen LogP contribution in [0.5, 0.6) is 0 Å². The summed E-state index contributed by atoms with van der Waals surface area (Å²) in [6.45, 7) is 10.8. The molecule has 0 aliphatic heterocycles. The lowest BCUT2D eigenvalue weighted by atomic mass is 9.88. The fourth-order valence-electron chi connectivity index (χ4n) is 2.57. The second kappa shape index (κ2) is 8.80. The number of benzene rings is 1. The highest BCUT2D eigenvalue weighted by Gasteiger charge is 2.58. The summed E-state index contributed by atoms with van der Waals surface area (Å²) >= 11 is 0. The van der Waals surface area contributed by atoms with Gasteiger partial charge in [-0.25, -0.2) is 0 Å². The Hall–Kier alpha value is -1.16. The second-order valence-electron chi connectivity index (χ2n) is 6.07. The Morgan fingerprint density at radius 2 is 1.58 bits per heavy atom. The van der Waals surface area contributed by atoms with Gasteiger partial charge in [-0.05, 0) is 40.2 Å². The Balaban J connectivity index is 3.44. The Bertz CT molecular complexity index is 562. The Labute approximate surface area is 145 Å². The SMILES string of the molecule is CCOP(=O)(OCC)[C@@](C)(C(=O)OC(C)C)[C@@H](C)c1ccccc1. The van der Waals surface area contributed by atoms with E-state index in [0.717, 1.165) is 5.56 Å². The van der Waals surface area contributed by atoms with Crippen molar-refractivity contribution < 1.29 is 23.1 Å². The molecule has 1 aromatic rings. The maximum atomic E-state index is 13.5. The van der Waals surface area contributed by atoms with Crippen LogP contribution >= 0.6 is 7.60 Å². The van der Waals surface area contributed by atoms with E-state index in [2.05, 4.69) is 0 Å². The maximum absolute atomic E-state index is 13.5. The molecule has 0 aliphatic carbocycles. The molecule has 0 aromatic heterocycles. The van der Waals surface area contributed by atoms with Crippen molar-refractivity contribution in [2.24, 2.45) is 0 Å². The molecule has 0 heterocycles. The van der Waals surface area contributed by atoms with Crippen LogP contribution in [0.15, 0.2) is 30.3 Å². The molecule has 0 fully saturated rings. The maximum Gasteiger partial charge on any atom is 0.348 e. The highest BCUT2D eigenvalue weighted by molar-refractivity contribution is 7.56. The standard InChI is InChI=1S/C18H29O5P/c1-7-21-24(20,22-8-2)18(6,17(19)23-14(3)4)15(5)16-12-10-9-11-13-16/h9-15H,7-8H2,1-6H3/t15-,18+/m0/s1. The largest absolute Gasteiger partial charge is 0.462 e. The van der Waals surface area contributed by atoms with Gasteiger partial charge in [0, 0.05) is 5.92 Å². The molecule has 1 rings (SSSR count). The predicted octanol–water partition coefficient (Wildman–Crippen LogP) is 4.77. The molecular formula is C18H29O5P. The van der Waals surface area contributed by atoms with Crippen LogP contribution in [0.4, 0.5) is 0 Å². The summed E-state index contributed by atoms with van der Waals surface area (Å²) in [5.74, 6) is -0.979. The molecule has 24 heavy (non-hydrogen) atoms. The van der Waals surface area contributed by atoms with Gasteiger partial charge in [-0.15, -0.1) is 0 Å². The zero-order valence-corrected chi connectivity index (χ0v) is 16.3. The zero-order chi connectivity index (χ0) is 18.4. The molecule has 5 nitrogen and oxygen atoms in total. The van der Waals surface area contributed by atoms with Crippen LogP contribution in [0.25, 0.3) is 0 Å². The van der Waals surface area contributed by atoms with E-state index in [4.69, 9.17) is 13.8 Å². The summed E-state index contributed by atoms with van der Waals surface area (Å²) in [5.41, 5.74) is 0.875. The summed E-state index contributed by atoms with van der Waals surface area (Å²) in [7, 11) is -3.75. The highest BCUT2D eigenvalue weighted by atomic mass is 31.2. The average molecular weight is 356 g/mol. The van der Waals surface area contributed by atoms with Gasteiger partial charge < -0.3 is 13.8 Å². The molecule has 136 valence electrons. The Morgan fingerprint density at radius 3 is 2.00 bits per heavy atom. The van der Waals surface area contributed by atoms with Gasteiger partial charge in [-0.2, -0.15) is 0 Å². The second-order valence-corrected chi connectivity index (χ2v) is 8.51. The Kier molecular flexibility index (Phi) is 7.65. The molecule has 2 atom stereocenters. The minimum absolute atomic E-state index is 0.184. The first kappa shape index (κ1) is 20.9. The van der Waals surface area contributed by atoms with Gasteiger partial charge >= 0.3 is 13.6 Å². The molecule has 0 N–H and O–H groups in total. The van der Waals surface area contributed by atoms with E-state index in [9.17, 15) is 9.36 Å². The topological polar surface area (TPSA) is 61.8 Å². The summed E-state index contributed by atoms with van der Waals surface area (Å²) in [5, 5.41) is -1.44. The van der Waals surface area contributed by atoms with Crippen molar-refractivity contribution in [3.05, 3.63) is 35.9 Å². The lowest BCUT2D eigenvalue weighted by molar-refractivity contribution is -0.151. The lowest BCUT2D eigenvalue weighted by Crippen LogP contribution is -2.44. The van der Waals surface area contributed by atoms with Crippen LogP contribution in [0.1, 0.15) is 53.0 Å². The zero-order valence-electron chi connectivity index (χ0n) is 15.4. The number of hydrogen-bond acceptors (Lipinski definition) is 5. The van der Waals surface area contributed by atoms with E-state index < -0.39 is 24.6 Å². The summed E-state index contributed by atoms with van der Waals surface area (Å²) in [6, 6.07) is 9.45. The highest BCUT2D eigenvalue weighted by Crippen LogP contribution is 2.65. The van der Waals surface area contributed by atoms with Crippen molar-refractivity contribution in [1.82, 2.24) is 0 Å². The van der Waals surface area contributed by atoms with Crippen molar-refractivity contribution in [3.63, 3.8) is 0 Å². The number of carbonyl (C=O) groups is 1. The van der Waals surface area contributed by atoms with Crippen molar-refractivity contribution in [2.75, 3.05) is 13.2 Å². The van der Waals surface area contributed by atoms with Gasteiger partial charge in [-0.3, -0.25) is 9.36 Å². The van der Waals surface area contributed by atoms with E-state index in [1.165, 1.54) is 0 Å². The van der Waals surface area contributed by atoms with Crippen molar-refractivity contribution >= 4 is 13.6 Å². The van der Waals surface area contributed by atoms with Crippen LogP contribution in [-0.2, 0) is 23.1 Å². The van der Waals surface area contributed by atoms with Gasteiger partial charge in [0.2, 0.25) is 0 Å². The summed E-state index contributed by atoms with van der Waals surface area (Å²) in [4.78, 5) is 12.9. The quantitative estimate of drug-likeness (QED) is 0.471. The number of rotatable bonds is 9. The van der Waals surface area contributed by atoms with E-state index in [0.29, 0.717) is 0 Å². The smallest absolute Gasteiger partial charge is 0.348 e. The minimum atomic E-state index is -3.75. The van der Waals surface area contributed by atoms with Crippen molar-refractivity contribution in [3.8, 4) is 0 Å². The minimum Gasteiger partial charge on any atom is -0.462 e. The molecule has 0 aliphatic rings. The first-order chi connectivity index (χ1) is 11.2. The molecule has 1 aromatic carbocycles. The van der Waals surface area contributed by atoms with Crippen molar-refractivity contribution in [1.29, 1.82) is 0 Å². The fraction of sp³-hybridized carbons (Fsp3) is 0.611. The van der Waals surface area contributed by atoms with Gasteiger partial charge in [0.1, 0.15) is 0 Å². The predicted molar refractivity (Wildman–Crippen MR) is 95.3 cm³/mol. The molecule has 0 bridgehead atoms. The third-order valence-corrected chi connectivity index (χ3v) is 6.97. The molecular weight excluding hydrogens is 327 g/mol. The monoisotopic (exact) mass is 356 g/mol. The molecule has 0 unspecified atom stereocenters. The third kappa shape index (κ3) is 4.27. The van der Waals surface area contributed by atoms with E-state index in [-0.39, 0.29) is 19.3 Å². The number of hydrogen-bond donors (Lipinski definition) is 0. The number of ether oxygens (including phenoxy) is 1. The van der Waals surface area contributed by atoms with E-state index in [1.807, 2.05) is 37.3 Å². The summed E-state index contributed by atoms with van der Waals surface area (Å²) < 4.78 is 30.0. The number of esters is 1. The molecule has 0 radical (unpaired) electrons. The van der Waals surface area contributed by atoms with Gasteiger partial charge in [-0.1, -0.05) is 37.3 Å². The molecule has 0 spiro atoms. The fourth-order valence-corrected chi connectivity index (χ4v) is 4.76. The first-order valence-corrected chi connectivity index (χ1v) is 9.92. The molecule has 0 saturated carbocycles. The van der Waals surface area contributed by atoms with Crippen LogP contribution in [0.2, 0.25) is 0 Å². The lowest BCUT2D eigenvalue weighted by Gasteiger charge is -2.38. The van der Waals surface area contributed by atoms with Crippen LogP contribution in [0, 0.1) is 0 Å². The van der Waals surface area contributed by atoms with Gasteiger partial charge in [0.15, 0.2) is 5.16 Å². The van der Waals surface area contributed by atoms with E-state index >= 15 is 0 Å². The molecule has 0 saturated heterocycles. The third-order valence-electron chi connectivity index (χ3n) is 4.07. The summed E-state index contributed by atoms with van der Waals surface area (Å²) in [6.07, 6.45) is -0.323. The molecule has 6 heteroatoms. The normalized spacial score (nSPS) is 15.8. The van der Waals surface area contributed by atoms with E-state index in [1.54, 1.807) is 34.6 Å². The molecule has 0 amide bonds. The number of carbonyl (C=O) groups excluding carboxylic acids is 1. The van der Waals surface area contributed by atoms with Gasteiger partial charge in [0.25, 0.3) is 0 Å². The van der Waals surface area contributed by atoms with Crippen LogP contribution in [-0.4, -0.2) is 30.4 Å². The van der Waals surface area contributed by atoms with Gasteiger partial charge in [0.05, 0.1) is 19.3 Å². The van der Waals surface area contributed by atoms with Crippen LogP contribution in [0.3, 0.4) is 0 Å². The first-order valence-electron chi connectivity index (χ1n) is 8.38. The van der Waals surface area contributed by atoms with Crippen molar-refractivity contribution in [2.45, 2.75) is 58.7 Å². The average Bonchev–Trinajstić information content (AvgIpc) is 2.53. The Morgan fingerprint density at radius 1 is 1.08 bits per heavy atom. The van der Waals surface area contributed by atoms with Crippen LogP contribution < -0.4 is 0 Å².